The fourth-order valence-corrected chi connectivity index (χ4v) is 3.73. The van der Waals surface area contributed by atoms with Crippen LogP contribution < -0.4 is 0 Å². The van der Waals surface area contributed by atoms with E-state index < -0.39 is 0 Å². The van der Waals surface area contributed by atoms with Crippen molar-refractivity contribution < 1.29 is 0 Å². The maximum absolute atomic E-state index is 2.49. The van der Waals surface area contributed by atoms with E-state index in [0.29, 0.717) is 0 Å². The normalized spacial score (nSPS) is 14.0. The summed E-state index contributed by atoms with van der Waals surface area (Å²) in [6.07, 6.45) is 1.32. The van der Waals surface area contributed by atoms with Crippen LogP contribution in [-0.4, -0.2) is 20.3 Å². The molecule has 0 aliphatic rings. The summed E-state index contributed by atoms with van der Waals surface area (Å²) in [5.74, 6) is 1.34. The van der Waals surface area contributed by atoms with E-state index in [1.54, 1.807) is 0 Å². The van der Waals surface area contributed by atoms with E-state index in [1.165, 1.54) is 12.1 Å². The molecule has 0 aliphatic heterocycles. The first-order valence-electron chi connectivity index (χ1n) is 2.29. The summed E-state index contributed by atoms with van der Waals surface area (Å²) in [7, 11) is 2.22. The van der Waals surface area contributed by atoms with Gasteiger partial charge in [0.15, 0.2) is 0 Å². The number of hydrogen-bond acceptors (Lipinski definition) is 1. The molecule has 0 aromatic rings. The van der Waals surface area contributed by atoms with Gasteiger partial charge in [0.1, 0.15) is 7.85 Å². The van der Waals surface area contributed by atoms with Crippen LogP contribution in [0.5, 0.6) is 0 Å². The van der Waals surface area contributed by atoms with Crippen molar-refractivity contribution in [3.63, 3.8) is 0 Å². The quantitative estimate of drug-likeness (QED) is 0.417. The van der Waals surface area contributed by atoms with Crippen molar-refractivity contribution >= 4 is 46.0 Å². The second-order valence-electron chi connectivity index (χ2n) is 1.25. The molecule has 0 amide bonds. The summed E-state index contributed by atoms with van der Waals surface area (Å²) < 4.78 is 0.280. The standard InChI is InChI=1S/C3H9BIPS/c1-6(5)7-3-2-4/h2-4H2,1H3. The van der Waals surface area contributed by atoms with Crippen molar-refractivity contribution in [2.24, 2.45) is 0 Å². The summed E-state index contributed by atoms with van der Waals surface area (Å²) in [5, 5.41) is 0. The van der Waals surface area contributed by atoms with Gasteiger partial charge in [-0.1, -0.05) is 6.32 Å². The summed E-state index contributed by atoms with van der Waals surface area (Å²) >= 11 is 4.58. The lowest BCUT2D eigenvalue weighted by molar-refractivity contribution is 1.52. The fraction of sp³-hybridized carbons (Fsp3) is 1.00. The Morgan fingerprint density at radius 2 is 2.43 bits per heavy atom. The van der Waals surface area contributed by atoms with Gasteiger partial charge in [0.05, 0.1) is 0 Å². The van der Waals surface area contributed by atoms with Crippen molar-refractivity contribution in [3.05, 3.63) is 0 Å². The van der Waals surface area contributed by atoms with Crippen LogP contribution in [0.2, 0.25) is 6.32 Å². The third kappa shape index (κ3) is 7.57. The SMILES string of the molecule is BCCSP(C)I. The Morgan fingerprint density at radius 3 is 2.57 bits per heavy atom. The van der Waals surface area contributed by atoms with E-state index in [2.05, 4.69) is 47.9 Å². The largest absolute Gasteiger partial charge is 0.124 e. The van der Waals surface area contributed by atoms with Crippen molar-refractivity contribution in [1.29, 1.82) is 0 Å². The molecule has 4 heteroatoms. The molecular weight excluding hydrogens is 237 g/mol. The minimum atomic E-state index is 0.280. The molecule has 0 radical (unpaired) electrons. The van der Waals surface area contributed by atoms with Crippen LogP contribution in [0.1, 0.15) is 0 Å². The van der Waals surface area contributed by atoms with Gasteiger partial charge in [-0.3, -0.25) is 0 Å². The van der Waals surface area contributed by atoms with Gasteiger partial charge in [-0.2, -0.15) is 0 Å². The lowest BCUT2D eigenvalue weighted by Crippen LogP contribution is -1.69. The fourth-order valence-electron chi connectivity index (χ4n) is 0.217. The highest BCUT2D eigenvalue weighted by Crippen LogP contribution is 2.53. The molecule has 0 heterocycles. The third-order valence-corrected chi connectivity index (χ3v) is 5.54. The Bertz CT molecular complexity index is 43.9. The van der Waals surface area contributed by atoms with Gasteiger partial charge in [-0.05, 0) is 34.5 Å². The van der Waals surface area contributed by atoms with E-state index in [4.69, 9.17) is 0 Å². The predicted molar refractivity (Wildman–Crippen MR) is 52.7 cm³/mol. The van der Waals surface area contributed by atoms with E-state index in [1.807, 2.05) is 0 Å². The monoisotopic (exact) mass is 246 g/mol. The highest BCUT2D eigenvalue weighted by atomic mass is 127. The molecule has 0 rings (SSSR count). The molecule has 0 nitrogen and oxygen atoms in total. The van der Waals surface area contributed by atoms with Crippen LogP contribution in [0.15, 0.2) is 0 Å². The molecule has 0 aromatic heterocycles. The van der Waals surface area contributed by atoms with E-state index in [9.17, 15) is 0 Å². The minimum Gasteiger partial charge on any atom is -0.124 e. The maximum Gasteiger partial charge on any atom is 0.102 e. The van der Waals surface area contributed by atoms with Crippen LogP contribution >= 0.6 is 38.2 Å². The van der Waals surface area contributed by atoms with Crippen molar-refractivity contribution in [2.75, 3.05) is 12.4 Å². The molecule has 0 saturated carbocycles. The first kappa shape index (κ1) is 8.57. The second-order valence-corrected chi connectivity index (χ2v) is 11.5. The molecule has 0 bridgehead atoms. The zero-order chi connectivity index (χ0) is 5.70. The van der Waals surface area contributed by atoms with Gasteiger partial charge < -0.3 is 0 Å². The van der Waals surface area contributed by atoms with Gasteiger partial charge >= 0.3 is 0 Å². The van der Waals surface area contributed by atoms with Gasteiger partial charge in [0.2, 0.25) is 0 Å². The molecular formula is C3H9BIPS. The summed E-state index contributed by atoms with van der Waals surface area (Å²) in [4.78, 5) is 0. The number of rotatable bonds is 3. The highest BCUT2D eigenvalue weighted by molar-refractivity contribution is 14.2. The average molecular weight is 246 g/mol. The van der Waals surface area contributed by atoms with Gasteiger partial charge in [0.25, 0.3) is 0 Å². The Balaban J connectivity index is 2.68. The Labute approximate surface area is 64.6 Å². The first-order valence-corrected chi connectivity index (χ1v) is 8.46. The van der Waals surface area contributed by atoms with Gasteiger partial charge in [-0.15, -0.1) is 11.4 Å². The zero-order valence-corrected chi connectivity index (χ0v) is 8.52. The number of hydrogen-bond donors (Lipinski definition) is 0. The molecule has 0 N–H and O–H groups in total. The summed E-state index contributed by atoms with van der Waals surface area (Å²) in [5.41, 5.74) is 0. The average Bonchev–Trinajstić information content (AvgIpc) is 1.61. The molecule has 7 heavy (non-hydrogen) atoms. The van der Waals surface area contributed by atoms with Crippen molar-refractivity contribution in [3.8, 4) is 0 Å². The molecule has 0 fully saturated rings. The molecule has 42 valence electrons. The van der Waals surface area contributed by atoms with Crippen LogP contribution in [0.25, 0.3) is 0 Å². The molecule has 0 aromatic carbocycles. The predicted octanol–water partition coefficient (Wildman–Crippen LogP) is 2.15. The first-order chi connectivity index (χ1) is 3.27. The topological polar surface area (TPSA) is 0 Å². The minimum absolute atomic E-state index is 0.280. The Hall–Kier alpha value is 1.57. The van der Waals surface area contributed by atoms with E-state index >= 15 is 0 Å². The summed E-state index contributed by atoms with van der Waals surface area (Å²) in [6.45, 7) is 2.29. The second kappa shape index (κ2) is 5.71. The third-order valence-electron chi connectivity index (χ3n) is 0.473. The maximum atomic E-state index is 2.49. The van der Waals surface area contributed by atoms with Crippen LogP contribution in [0.3, 0.4) is 0 Å². The molecule has 0 saturated heterocycles. The molecule has 0 spiro atoms. The summed E-state index contributed by atoms with van der Waals surface area (Å²) in [6, 6.07) is 0. The van der Waals surface area contributed by atoms with Crippen molar-refractivity contribution in [2.45, 2.75) is 6.32 Å². The smallest absolute Gasteiger partial charge is 0.102 e. The van der Waals surface area contributed by atoms with Crippen LogP contribution in [0, 0.1) is 0 Å². The molecule has 0 aliphatic carbocycles. The lowest BCUT2D eigenvalue weighted by atomic mass is 10.1. The van der Waals surface area contributed by atoms with Gasteiger partial charge in [0, 0.05) is 4.77 Å². The Kier molecular flexibility index (Phi) is 6.99. The lowest BCUT2D eigenvalue weighted by Gasteiger charge is -1.97. The van der Waals surface area contributed by atoms with Crippen LogP contribution in [0.4, 0.5) is 0 Å². The van der Waals surface area contributed by atoms with Crippen molar-refractivity contribution in [1.82, 2.24) is 0 Å². The van der Waals surface area contributed by atoms with E-state index in [0.717, 1.165) is 0 Å². The number of halogens is 1. The Morgan fingerprint density at radius 1 is 1.86 bits per heavy atom. The van der Waals surface area contributed by atoms with E-state index in [-0.39, 0.29) is 4.77 Å². The molecule has 1 atom stereocenters. The highest BCUT2D eigenvalue weighted by Gasteiger charge is 1.90. The molecule has 1 unspecified atom stereocenters. The van der Waals surface area contributed by atoms with Crippen LogP contribution in [-0.2, 0) is 0 Å². The van der Waals surface area contributed by atoms with Gasteiger partial charge in [-0.25, -0.2) is 0 Å². The zero-order valence-electron chi connectivity index (χ0n) is 4.65.